The van der Waals surface area contributed by atoms with Crippen molar-refractivity contribution in [3.05, 3.63) is 51.3 Å². The van der Waals surface area contributed by atoms with Crippen LogP contribution < -0.4 is 4.74 Å². The second-order valence-corrected chi connectivity index (χ2v) is 5.86. The van der Waals surface area contributed by atoms with Gasteiger partial charge in [-0.05, 0) is 26.8 Å². The summed E-state index contributed by atoms with van der Waals surface area (Å²) in [5.41, 5.74) is 1.51. The largest absolute Gasteiger partial charge is 0.496 e. The number of methoxy groups -OCH3 is 1. The van der Waals surface area contributed by atoms with E-state index >= 15 is 0 Å². The average molecular weight is 346 g/mol. The Morgan fingerprint density at radius 2 is 2.04 bits per heavy atom. The monoisotopic (exact) mass is 346 g/mol. The molecule has 2 aromatic rings. The lowest BCUT2D eigenvalue weighted by Gasteiger charge is -2.26. The van der Waals surface area contributed by atoms with Crippen LogP contribution in [0.2, 0.25) is 0 Å². The first kappa shape index (κ1) is 18.4. The van der Waals surface area contributed by atoms with Gasteiger partial charge in [0.05, 0.1) is 18.1 Å². The molecule has 0 saturated heterocycles. The summed E-state index contributed by atoms with van der Waals surface area (Å²) in [7, 11) is 3.28. The molecule has 8 nitrogen and oxygen atoms in total. The van der Waals surface area contributed by atoms with Gasteiger partial charge in [0.2, 0.25) is 5.91 Å². The molecule has 0 unspecified atom stereocenters. The number of para-hydroxylation sites is 1. The summed E-state index contributed by atoms with van der Waals surface area (Å²) in [6.07, 6.45) is 0. The molecule has 1 atom stereocenters. The van der Waals surface area contributed by atoms with Crippen molar-refractivity contribution in [3.8, 4) is 5.75 Å². The number of likely N-dealkylation sites (N-methyl/N-ethyl adjacent to an activating group) is 1. The van der Waals surface area contributed by atoms with Crippen molar-refractivity contribution in [2.75, 3.05) is 14.2 Å². The predicted octanol–water partition coefficient (Wildman–Crippen LogP) is 2.64. The maximum atomic E-state index is 12.6. The van der Waals surface area contributed by atoms with E-state index in [0.29, 0.717) is 17.1 Å². The smallest absolute Gasteiger partial charge is 0.312 e. The van der Waals surface area contributed by atoms with Crippen molar-refractivity contribution in [1.29, 1.82) is 0 Å². The Bertz CT molecular complexity index is 800. The fraction of sp³-hybridized carbons (Fsp3) is 0.412. The Hall–Kier alpha value is -2.90. The Morgan fingerprint density at radius 3 is 2.60 bits per heavy atom. The van der Waals surface area contributed by atoms with E-state index in [1.807, 2.05) is 31.2 Å². The van der Waals surface area contributed by atoms with E-state index in [2.05, 4.69) is 5.10 Å². The van der Waals surface area contributed by atoms with Gasteiger partial charge in [-0.3, -0.25) is 19.6 Å². The SMILES string of the molecule is COc1ccccc1[C@H](C)N(C)C(=O)Cn1nc(C)c([N+](=O)[O-])c1C. The third-order valence-corrected chi connectivity index (χ3v) is 4.37. The fourth-order valence-corrected chi connectivity index (χ4v) is 2.78. The van der Waals surface area contributed by atoms with E-state index in [0.717, 1.165) is 5.56 Å². The molecule has 25 heavy (non-hydrogen) atoms. The minimum Gasteiger partial charge on any atom is -0.496 e. The molecule has 0 aliphatic heterocycles. The van der Waals surface area contributed by atoms with Crippen molar-refractivity contribution in [3.63, 3.8) is 0 Å². The van der Waals surface area contributed by atoms with E-state index in [9.17, 15) is 14.9 Å². The molecule has 0 spiro atoms. The standard InChI is InChI=1S/C17H22N4O4/c1-11-17(21(23)24)13(3)20(18-11)10-16(22)19(4)12(2)14-8-6-7-9-15(14)25-5/h6-9,12H,10H2,1-5H3/t12-/m0/s1. The molecular weight excluding hydrogens is 324 g/mol. The van der Waals surface area contributed by atoms with Crippen molar-refractivity contribution in [2.45, 2.75) is 33.4 Å². The lowest BCUT2D eigenvalue weighted by molar-refractivity contribution is -0.386. The fourth-order valence-electron chi connectivity index (χ4n) is 2.78. The highest BCUT2D eigenvalue weighted by Gasteiger charge is 2.25. The van der Waals surface area contributed by atoms with Crippen LogP contribution in [-0.4, -0.2) is 39.7 Å². The van der Waals surface area contributed by atoms with Gasteiger partial charge < -0.3 is 9.64 Å². The van der Waals surface area contributed by atoms with Crippen LogP contribution in [0.15, 0.2) is 24.3 Å². The number of hydrogen-bond donors (Lipinski definition) is 0. The number of ether oxygens (including phenoxy) is 1. The summed E-state index contributed by atoms with van der Waals surface area (Å²) < 4.78 is 6.72. The zero-order chi connectivity index (χ0) is 18.7. The Balaban J connectivity index is 2.21. The molecule has 0 aliphatic carbocycles. The molecule has 0 saturated carbocycles. The van der Waals surface area contributed by atoms with Gasteiger partial charge in [-0.25, -0.2) is 0 Å². The van der Waals surface area contributed by atoms with E-state index in [4.69, 9.17) is 4.74 Å². The lowest BCUT2D eigenvalue weighted by Crippen LogP contribution is -2.33. The van der Waals surface area contributed by atoms with E-state index in [1.54, 1.807) is 32.9 Å². The molecule has 0 aliphatic rings. The topological polar surface area (TPSA) is 90.5 Å². The molecule has 134 valence electrons. The molecular formula is C17H22N4O4. The number of nitrogens with zero attached hydrogens (tertiary/aromatic N) is 4. The summed E-state index contributed by atoms with van der Waals surface area (Å²) in [6, 6.07) is 7.29. The summed E-state index contributed by atoms with van der Waals surface area (Å²) in [5, 5.41) is 15.2. The number of hydrogen-bond acceptors (Lipinski definition) is 5. The Labute approximate surface area is 146 Å². The number of benzene rings is 1. The second kappa shape index (κ2) is 7.33. The van der Waals surface area contributed by atoms with E-state index < -0.39 is 4.92 Å². The van der Waals surface area contributed by atoms with E-state index in [-0.39, 0.29) is 24.2 Å². The average Bonchev–Trinajstić information content (AvgIpc) is 2.86. The number of aryl methyl sites for hydroxylation is 1. The number of amides is 1. The van der Waals surface area contributed by atoms with Crippen LogP contribution in [0.4, 0.5) is 5.69 Å². The summed E-state index contributed by atoms with van der Waals surface area (Å²) in [6.45, 7) is 5.00. The van der Waals surface area contributed by atoms with Gasteiger partial charge in [-0.15, -0.1) is 0 Å². The molecule has 8 heteroatoms. The Kier molecular flexibility index (Phi) is 5.41. The predicted molar refractivity (Wildman–Crippen MR) is 92.5 cm³/mol. The zero-order valence-corrected chi connectivity index (χ0v) is 15.0. The van der Waals surface area contributed by atoms with Crippen LogP contribution in [0.25, 0.3) is 0 Å². The quantitative estimate of drug-likeness (QED) is 0.592. The third kappa shape index (κ3) is 3.62. The van der Waals surface area contributed by atoms with Crippen LogP contribution >= 0.6 is 0 Å². The van der Waals surface area contributed by atoms with Crippen LogP contribution in [-0.2, 0) is 11.3 Å². The number of nitro groups is 1. The number of carbonyl (C=O) groups excluding carboxylic acids is 1. The molecule has 1 aromatic heterocycles. The molecule has 1 aromatic carbocycles. The minimum absolute atomic E-state index is 0.0479. The summed E-state index contributed by atoms with van der Waals surface area (Å²) in [5.74, 6) is 0.510. The molecule has 1 heterocycles. The lowest BCUT2D eigenvalue weighted by atomic mass is 10.1. The Morgan fingerprint density at radius 1 is 1.40 bits per heavy atom. The zero-order valence-electron chi connectivity index (χ0n) is 15.0. The van der Waals surface area contributed by atoms with Gasteiger partial charge in [0.15, 0.2) is 0 Å². The normalized spacial score (nSPS) is 11.9. The molecule has 0 radical (unpaired) electrons. The van der Waals surface area contributed by atoms with Gasteiger partial charge >= 0.3 is 5.69 Å². The number of rotatable bonds is 6. The maximum absolute atomic E-state index is 12.6. The maximum Gasteiger partial charge on any atom is 0.312 e. The molecule has 0 bridgehead atoms. The summed E-state index contributed by atoms with van der Waals surface area (Å²) >= 11 is 0. The molecule has 1 amide bonds. The summed E-state index contributed by atoms with van der Waals surface area (Å²) in [4.78, 5) is 24.8. The molecule has 2 rings (SSSR count). The van der Waals surface area contributed by atoms with Gasteiger partial charge in [0.25, 0.3) is 0 Å². The molecule has 0 N–H and O–H groups in total. The number of aromatic nitrogens is 2. The van der Waals surface area contributed by atoms with Crippen molar-refractivity contribution < 1.29 is 14.5 Å². The first-order chi connectivity index (χ1) is 11.8. The third-order valence-electron chi connectivity index (χ3n) is 4.37. The second-order valence-electron chi connectivity index (χ2n) is 5.86. The van der Waals surface area contributed by atoms with Gasteiger partial charge in [-0.1, -0.05) is 18.2 Å². The number of carbonyl (C=O) groups is 1. The highest BCUT2D eigenvalue weighted by atomic mass is 16.6. The van der Waals surface area contributed by atoms with Crippen LogP contribution in [0.1, 0.15) is 29.9 Å². The first-order valence-corrected chi connectivity index (χ1v) is 7.84. The van der Waals surface area contributed by atoms with Crippen molar-refractivity contribution in [1.82, 2.24) is 14.7 Å². The minimum atomic E-state index is -0.472. The van der Waals surface area contributed by atoms with Gasteiger partial charge in [-0.2, -0.15) is 5.10 Å². The van der Waals surface area contributed by atoms with Crippen LogP contribution in [0, 0.1) is 24.0 Å². The highest BCUT2D eigenvalue weighted by Crippen LogP contribution is 2.28. The van der Waals surface area contributed by atoms with Gasteiger partial charge in [0, 0.05) is 12.6 Å². The van der Waals surface area contributed by atoms with Crippen molar-refractivity contribution in [2.24, 2.45) is 0 Å². The first-order valence-electron chi connectivity index (χ1n) is 7.84. The molecule has 0 fully saturated rings. The van der Waals surface area contributed by atoms with Gasteiger partial charge in [0.1, 0.15) is 23.7 Å². The van der Waals surface area contributed by atoms with E-state index in [1.165, 1.54) is 4.68 Å². The van der Waals surface area contributed by atoms with Crippen LogP contribution in [0.5, 0.6) is 5.75 Å². The van der Waals surface area contributed by atoms with Crippen LogP contribution in [0.3, 0.4) is 0 Å². The van der Waals surface area contributed by atoms with Crippen molar-refractivity contribution >= 4 is 11.6 Å². The highest BCUT2D eigenvalue weighted by molar-refractivity contribution is 5.76.